The molecular weight excluding hydrogens is 472 g/mol. The summed E-state index contributed by atoms with van der Waals surface area (Å²) in [7, 11) is -4.19. The lowest BCUT2D eigenvalue weighted by atomic mass is 10.1. The van der Waals surface area contributed by atoms with Gasteiger partial charge in [0.1, 0.15) is 6.54 Å². The Bertz CT molecular complexity index is 1310. The fourth-order valence-corrected chi connectivity index (χ4v) is 4.66. The summed E-state index contributed by atoms with van der Waals surface area (Å²) in [6, 6.07) is 18.8. The van der Waals surface area contributed by atoms with Crippen LogP contribution in [0.5, 0.6) is 0 Å². The molecule has 0 radical (unpaired) electrons. The van der Waals surface area contributed by atoms with Crippen molar-refractivity contribution in [2.75, 3.05) is 22.7 Å². The quantitative estimate of drug-likeness (QED) is 0.325. The molecule has 0 bridgehead atoms. The minimum absolute atomic E-state index is 0.0505. The molecule has 0 aromatic heterocycles. The smallest absolute Gasteiger partial charge is 0.269 e. The molecule has 0 saturated carbocycles. The van der Waals surface area contributed by atoms with E-state index in [0.717, 1.165) is 22.9 Å². The van der Waals surface area contributed by atoms with Crippen LogP contribution < -0.4 is 14.9 Å². The molecule has 0 spiro atoms. The molecule has 0 fully saturated rings. The molecule has 2 N–H and O–H groups in total. The highest BCUT2D eigenvalue weighted by Gasteiger charge is 2.28. The van der Waals surface area contributed by atoms with E-state index in [1.807, 2.05) is 6.92 Å². The minimum atomic E-state index is -4.19. The molecular formula is C24H24N4O6S. The summed E-state index contributed by atoms with van der Waals surface area (Å²) in [5.41, 5.74) is 0.319. The number of nitro groups is 1. The Kier molecular flexibility index (Phi) is 8.16. The lowest BCUT2D eigenvalue weighted by molar-refractivity contribution is -0.384. The number of anilines is 2. The van der Waals surface area contributed by atoms with Gasteiger partial charge in [0.2, 0.25) is 5.91 Å². The zero-order chi connectivity index (χ0) is 25.4. The van der Waals surface area contributed by atoms with Crippen molar-refractivity contribution in [2.45, 2.75) is 18.2 Å². The van der Waals surface area contributed by atoms with Gasteiger partial charge in [-0.3, -0.25) is 24.0 Å². The fourth-order valence-electron chi connectivity index (χ4n) is 3.22. The second-order valence-corrected chi connectivity index (χ2v) is 9.31. The number of benzene rings is 3. The standard InChI is InChI=1S/C24H24N4O6S/c1-2-16-25-24(30)21-10-6-7-11-22(21)26-23(29)17-27(18-12-14-19(15-13-18)28(31)32)35(33,34)20-8-4-3-5-9-20/h3-15H,2,16-17H2,1H3,(H,25,30)(H,26,29). The van der Waals surface area contributed by atoms with Gasteiger partial charge in [0.15, 0.2) is 0 Å². The van der Waals surface area contributed by atoms with Crippen LogP contribution in [0.3, 0.4) is 0 Å². The van der Waals surface area contributed by atoms with Crippen molar-refractivity contribution in [2.24, 2.45) is 0 Å². The monoisotopic (exact) mass is 496 g/mol. The van der Waals surface area contributed by atoms with Crippen molar-refractivity contribution in [3.63, 3.8) is 0 Å². The Labute approximate surface area is 202 Å². The van der Waals surface area contributed by atoms with Crippen molar-refractivity contribution in [3.8, 4) is 0 Å². The van der Waals surface area contributed by atoms with Gasteiger partial charge in [0, 0.05) is 18.7 Å². The van der Waals surface area contributed by atoms with Crippen LogP contribution in [0.1, 0.15) is 23.7 Å². The maximum absolute atomic E-state index is 13.4. The minimum Gasteiger partial charge on any atom is -0.352 e. The van der Waals surface area contributed by atoms with Crippen molar-refractivity contribution < 1.29 is 22.9 Å². The number of hydrogen-bond donors (Lipinski definition) is 2. The number of sulfonamides is 1. The molecule has 0 aliphatic heterocycles. The van der Waals surface area contributed by atoms with Crippen molar-refractivity contribution >= 4 is 38.9 Å². The van der Waals surface area contributed by atoms with Crippen LogP contribution in [0, 0.1) is 10.1 Å². The SMILES string of the molecule is CCCNC(=O)c1ccccc1NC(=O)CN(c1ccc([N+](=O)[O-])cc1)S(=O)(=O)c1ccccc1. The highest BCUT2D eigenvalue weighted by molar-refractivity contribution is 7.92. The predicted octanol–water partition coefficient (Wildman–Crippen LogP) is 3.57. The van der Waals surface area contributed by atoms with E-state index < -0.39 is 27.4 Å². The van der Waals surface area contributed by atoms with E-state index in [-0.39, 0.29) is 33.4 Å². The number of nitro benzene ring substituents is 1. The van der Waals surface area contributed by atoms with Gasteiger partial charge in [-0.1, -0.05) is 37.3 Å². The largest absolute Gasteiger partial charge is 0.352 e. The van der Waals surface area contributed by atoms with Crippen LogP contribution in [-0.4, -0.2) is 38.2 Å². The zero-order valence-electron chi connectivity index (χ0n) is 18.9. The summed E-state index contributed by atoms with van der Waals surface area (Å²) in [5.74, 6) is -1.06. The molecule has 0 heterocycles. The molecule has 11 heteroatoms. The first-order valence-electron chi connectivity index (χ1n) is 10.7. The van der Waals surface area contributed by atoms with Gasteiger partial charge in [-0.05, 0) is 42.8 Å². The number of carbonyl (C=O) groups excluding carboxylic acids is 2. The lowest BCUT2D eigenvalue weighted by Gasteiger charge is -2.24. The molecule has 0 unspecified atom stereocenters. The van der Waals surface area contributed by atoms with Crippen molar-refractivity contribution in [3.05, 3.63) is 94.5 Å². The molecule has 10 nitrogen and oxygen atoms in total. The molecule has 3 aromatic carbocycles. The first kappa shape index (κ1) is 25.4. The van der Waals surface area contributed by atoms with E-state index in [1.54, 1.807) is 42.5 Å². The van der Waals surface area contributed by atoms with Crippen LogP contribution >= 0.6 is 0 Å². The van der Waals surface area contributed by atoms with Gasteiger partial charge in [0.25, 0.3) is 21.6 Å². The zero-order valence-corrected chi connectivity index (χ0v) is 19.7. The van der Waals surface area contributed by atoms with Gasteiger partial charge >= 0.3 is 0 Å². The summed E-state index contributed by atoms with van der Waals surface area (Å²) in [5, 5.41) is 16.4. The molecule has 35 heavy (non-hydrogen) atoms. The summed E-state index contributed by atoms with van der Waals surface area (Å²) in [6.45, 7) is 1.75. The van der Waals surface area contributed by atoms with Gasteiger partial charge in [-0.2, -0.15) is 0 Å². The number of carbonyl (C=O) groups is 2. The Morgan fingerprint density at radius 1 is 0.943 bits per heavy atom. The first-order chi connectivity index (χ1) is 16.7. The van der Waals surface area contributed by atoms with Crippen molar-refractivity contribution in [1.29, 1.82) is 0 Å². The Balaban J connectivity index is 1.92. The van der Waals surface area contributed by atoms with Gasteiger partial charge in [0.05, 0.1) is 26.8 Å². The number of para-hydroxylation sites is 1. The molecule has 3 aromatic rings. The molecule has 3 rings (SSSR count). The lowest BCUT2D eigenvalue weighted by Crippen LogP contribution is -2.38. The highest BCUT2D eigenvalue weighted by Crippen LogP contribution is 2.26. The van der Waals surface area contributed by atoms with Gasteiger partial charge in [-0.15, -0.1) is 0 Å². The summed E-state index contributed by atoms with van der Waals surface area (Å²) < 4.78 is 27.6. The summed E-state index contributed by atoms with van der Waals surface area (Å²) >= 11 is 0. The number of hydrogen-bond acceptors (Lipinski definition) is 6. The molecule has 0 aliphatic carbocycles. The Hall–Kier alpha value is -4.25. The predicted molar refractivity (Wildman–Crippen MR) is 132 cm³/mol. The van der Waals surface area contributed by atoms with E-state index in [9.17, 15) is 28.1 Å². The molecule has 2 amide bonds. The third-order valence-corrected chi connectivity index (χ3v) is 6.74. The third-order valence-electron chi connectivity index (χ3n) is 4.95. The normalized spacial score (nSPS) is 10.9. The number of amides is 2. The van der Waals surface area contributed by atoms with Crippen molar-refractivity contribution in [1.82, 2.24) is 5.32 Å². The molecule has 0 atom stereocenters. The number of nitrogens with one attached hydrogen (secondary N) is 2. The molecule has 0 saturated heterocycles. The average Bonchev–Trinajstić information content (AvgIpc) is 2.86. The molecule has 0 aliphatic rings. The number of nitrogens with zero attached hydrogens (tertiary/aromatic N) is 2. The van der Waals surface area contributed by atoms with Crippen LogP contribution in [0.2, 0.25) is 0 Å². The number of non-ortho nitro benzene ring substituents is 1. The fraction of sp³-hybridized carbons (Fsp3) is 0.167. The van der Waals surface area contributed by atoms with E-state index in [0.29, 0.717) is 6.54 Å². The van der Waals surface area contributed by atoms with Crippen LogP contribution in [-0.2, 0) is 14.8 Å². The highest BCUT2D eigenvalue weighted by atomic mass is 32.2. The van der Waals surface area contributed by atoms with Crippen LogP contribution in [0.4, 0.5) is 17.1 Å². The Morgan fingerprint density at radius 3 is 2.20 bits per heavy atom. The van der Waals surface area contributed by atoms with Crippen LogP contribution in [0.25, 0.3) is 0 Å². The average molecular weight is 497 g/mol. The molecule has 182 valence electrons. The van der Waals surface area contributed by atoms with E-state index in [2.05, 4.69) is 10.6 Å². The van der Waals surface area contributed by atoms with E-state index in [4.69, 9.17) is 0 Å². The Morgan fingerprint density at radius 2 is 1.57 bits per heavy atom. The number of rotatable bonds is 10. The second-order valence-electron chi connectivity index (χ2n) is 7.45. The van der Waals surface area contributed by atoms with E-state index >= 15 is 0 Å². The summed E-state index contributed by atoms with van der Waals surface area (Å²) in [6.07, 6.45) is 0.738. The summed E-state index contributed by atoms with van der Waals surface area (Å²) in [4.78, 5) is 35.8. The van der Waals surface area contributed by atoms with Gasteiger partial charge in [-0.25, -0.2) is 8.42 Å². The topological polar surface area (TPSA) is 139 Å². The first-order valence-corrected chi connectivity index (χ1v) is 12.2. The van der Waals surface area contributed by atoms with Gasteiger partial charge < -0.3 is 10.6 Å². The maximum atomic E-state index is 13.4. The second kappa shape index (κ2) is 11.3. The third kappa shape index (κ3) is 6.21. The maximum Gasteiger partial charge on any atom is 0.269 e. The van der Waals surface area contributed by atoms with E-state index in [1.165, 1.54) is 24.3 Å². The van der Waals surface area contributed by atoms with Crippen LogP contribution in [0.15, 0.2) is 83.8 Å².